The number of anilines is 1. The van der Waals surface area contributed by atoms with Gasteiger partial charge in [0, 0.05) is 23.4 Å². The molecule has 0 fully saturated rings. The molecule has 20 heavy (non-hydrogen) atoms. The van der Waals surface area contributed by atoms with Crippen molar-refractivity contribution in [3.05, 3.63) is 28.8 Å². The van der Waals surface area contributed by atoms with E-state index in [0.717, 1.165) is 5.56 Å². The maximum Gasteiger partial charge on any atom is 0.313 e. The number of aliphatic hydroxyl groups excluding tert-OH is 1. The van der Waals surface area contributed by atoms with Crippen LogP contribution in [0.3, 0.4) is 0 Å². The van der Waals surface area contributed by atoms with Crippen LogP contribution in [0.2, 0.25) is 5.02 Å². The summed E-state index contributed by atoms with van der Waals surface area (Å²) >= 11 is 5.85. The molecule has 110 valence electrons. The van der Waals surface area contributed by atoms with Gasteiger partial charge in [-0.1, -0.05) is 17.7 Å². The number of aryl methyl sites for hydroxylation is 1. The van der Waals surface area contributed by atoms with Crippen LogP contribution >= 0.6 is 11.6 Å². The average Bonchev–Trinajstić information content (AvgIpc) is 2.40. The van der Waals surface area contributed by atoms with Gasteiger partial charge < -0.3 is 15.7 Å². The molecule has 6 heteroatoms. The van der Waals surface area contributed by atoms with E-state index in [-0.39, 0.29) is 12.6 Å². The van der Waals surface area contributed by atoms with Gasteiger partial charge in [-0.05, 0) is 44.4 Å². The summed E-state index contributed by atoms with van der Waals surface area (Å²) in [5.74, 6) is -1.43. The summed E-state index contributed by atoms with van der Waals surface area (Å²) in [7, 11) is 0. The topological polar surface area (TPSA) is 78.4 Å². The molecule has 1 aromatic carbocycles. The molecule has 1 atom stereocenters. The van der Waals surface area contributed by atoms with Crippen LogP contribution in [0, 0.1) is 6.92 Å². The molecule has 0 aliphatic rings. The maximum absolute atomic E-state index is 11.8. The fraction of sp³-hybridized carbons (Fsp3) is 0.429. The van der Waals surface area contributed by atoms with Crippen molar-refractivity contribution >= 4 is 29.1 Å². The monoisotopic (exact) mass is 298 g/mol. The summed E-state index contributed by atoms with van der Waals surface area (Å²) < 4.78 is 0. The van der Waals surface area contributed by atoms with Gasteiger partial charge in [0.1, 0.15) is 0 Å². The first kappa shape index (κ1) is 16.5. The molecule has 0 aromatic heterocycles. The third kappa shape index (κ3) is 5.19. The molecule has 0 radical (unpaired) electrons. The molecule has 0 aliphatic carbocycles. The predicted molar refractivity (Wildman–Crippen MR) is 78.7 cm³/mol. The van der Waals surface area contributed by atoms with Gasteiger partial charge in [0.05, 0.1) is 0 Å². The first-order chi connectivity index (χ1) is 9.43. The van der Waals surface area contributed by atoms with Crippen molar-refractivity contribution in [1.82, 2.24) is 5.32 Å². The number of carbonyl (C=O) groups excluding carboxylic acids is 2. The lowest BCUT2D eigenvalue weighted by molar-refractivity contribution is -0.136. The van der Waals surface area contributed by atoms with E-state index in [1.807, 2.05) is 6.92 Å². The van der Waals surface area contributed by atoms with Crippen LogP contribution in [0.4, 0.5) is 5.69 Å². The average molecular weight is 299 g/mol. The van der Waals surface area contributed by atoms with Gasteiger partial charge in [-0.25, -0.2) is 0 Å². The van der Waals surface area contributed by atoms with Gasteiger partial charge in [-0.15, -0.1) is 0 Å². The van der Waals surface area contributed by atoms with Crippen LogP contribution in [0.5, 0.6) is 0 Å². The lowest BCUT2D eigenvalue weighted by Crippen LogP contribution is -2.40. The first-order valence-electron chi connectivity index (χ1n) is 6.43. The maximum atomic E-state index is 11.8. The summed E-state index contributed by atoms with van der Waals surface area (Å²) in [6.45, 7) is 3.66. The molecule has 0 saturated carbocycles. The first-order valence-corrected chi connectivity index (χ1v) is 6.80. The van der Waals surface area contributed by atoms with Crippen molar-refractivity contribution in [2.75, 3.05) is 11.9 Å². The van der Waals surface area contributed by atoms with Gasteiger partial charge in [-0.3, -0.25) is 9.59 Å². The Kier molecular flexibility index (Phi) is 6.48. The Morgan fingerprint density at radius 1 is 1.35 bits per heavy atom. The molecule has 3 N–H and O–H groups in total. The standard InChI is InChI=1S/C14H19ClN2O3/c1-9-5-6-11(15)8-12(9)17-14(20)13(19)16-10(2)4-3-7-18/h5-6,8,10,18H,3-4,7H2,1-2H3,(H,16,19)(H,17,20). The lowest BCUT2D eigenvalue weighted by atomic mass is 10.2. The van der Waals surface area contributed by atoms with Crippen LogP contribution in [0.25, 0.3) is 0 Å². The Labute approximate surface area is 123 Å². The van der Waals surface area contributed by atoms with Crippen molar-refractivity contribution in [2.24, 2.45) is 0 Å². The van der Waals surface area contributed by atoms with Crippen molar-refractivity contribution in [2.45, 2.75) is 32.7 Å². The highest BCUT2D eigenvalue weighted by Crippen LogP contribution is 2.19. The second-order valence-electron chi connectivity index (χ2n) is 4.65. The highest BCUT2D eigenvalue weighted by atomic mass is 35.5. The highest BCUT2D eigenvalue weighted by Gasteiger charge is 2.16. The van der Waals surface area contributed by atoms with Crippen LogP contribution in [-0.2, 0) is 9.59 Å². The van der Waals surface area contributed by atoms with E-state index < -0.39 is 11.8 Å². The second kappa shape index (κ2) is 7.87. The summed E-state index contributed by atoms with van der Waals surface area (Å²) in [5.41, 5.74) is 1.34. The van der Waals surface area contributed by atoms with Gasteiger partial charge >= 0.3 is 11.8 Å². The minimum atomic E-state index is -0.730. The number of carbonyl (C=O) groups is 2. The van der Waals surface area contributed by atoms with Crippen LogP contribution < -0.4 is 10.6 Å². The smallest absolute Gasteiger partial charge is 0.313 e. The number of rotatable bonds is 5. The molecule has 1 aromatic rings. The van der Waals surface area contributed by atoms with Gasteiger partial charge in [0.15, 0.2) is 0 Å². The molecule has 0 saturated heterocycles. The molecular formula is C14H19ClN2O3. The molecule has 0 aliphatic heterocycles. The van der Waals surface area contributed by atoms with Crippen molar-refractivity contribution in [1.29, 1.82) is 0 Å². The van der Waals surface area contributed by atoms with Crippen molar-refractivity contribution < 1.29 is 14.7 Å². The number of nitrogens with one attached hydrogen (secondary N) is 2. The molecule has 1 rings (SSSR count). The zero-order valence-corrected chi connectivity index (χ0v) is 12.3. The Bertz CT molecular complexity index is 491. The minimum Gasteiger partial charge on any atom is -0.396 e. The van der Waals surface area contributed by atoms with E-state index in [1.165, 1.54) is 0 Å². The Hall–Kier alpha value is -1.59. The molecule has 0 heterocycles. The van der Waals surface area contributed by atoms with Crippen LogP contribution in [0.1, 0.15) is 25.3 Å². The summed E-state index contributed by atoms with van der Waals surface area (Å²) in [5, 5.41) is 14.3. The predicted octanol–water partition coefficient (Wildman–Crippen LogP) is 1.86. The van der Waals surface area contributed by atoms with Gasteiger partial charge in [0.25, 0.3) is 0 Å². The number of hydrogen-bond acceptors (Lipinski definition) is 3. The van der Waals surface area contributed by atoms with Gasteiger partial charge in [0.2, 0.25) is 0 Å². The van der Waals surface area contributed by atoms with Gasteiger partial charge in [-0.2, -0.15) is 0 Å². The zero-order chi connectivity index (χ0) is 15.1. The molecule has 2 amide bonds. The minimum absolute atomic E-state index is 0.0636. The quantitative estimate of drug-likeness (QED) is 0.726. The second-order valence-corrected chi connectivity index (χ2v) is 5.09. The summed E-state index contributed by atoms with van der Waals surface area (Å²) in [6.07, 6.45) is 1.20. The molecule has 1 unspecified atom stereocenters. The van der Waals surface area contributed by atoms with Crippen molar-refractivity contribution in [3.8, 4) is 0 Å². The Balaban J connectivity index is 2.57. The molecule has 5 nitrogen and oxygen atoms in total. The van der Waals surface area contributed by atoms with E-state index >= 15 is 0 Å². The fourth-order valence-electron chi connectivity index (χ4n) is 1.67. The van der Waals surface area contributed by atoms with Crippen LogP contribution in [0.15, 0.2) is 18.2 Å². The molecular weight excluding hydrogens is 280 g/mol. The third-order valence-corrected chi connectivity index (χ3v) is 3.06. The third-order valence-electron chi connectivity index (χ3n) is 2.83. The van der Waals surface area contributed by atoms with Crippen LogP contribution in [-0.4, -0.2) is 29.6 Å². The largest absolute Gasteiger partial charge is 0.396 e. The Morgan fingerprint density at radius 3 is 2.70 bits per heavy atom. The fourth-order valence-corrected chi connectivity index (χ4v) is 1.84. The SMILES string of the molecule is Cc1ccc(Cl)cc1NC(=O)C(=O)NC(C)CCCO. The number of benzene rings is 1. The normalized spacial score (nSPS) is 11.8. The number of amides is 2. The number of hydrogen-bond donors (Lipinski definition) is 3. The Morgan fingerprint density at radius 2 is 2.05 bits per heavy atom. The summed E-state index contributed by atoms with van der Waals surface area (Å²) in [6, 6.07) is 4.90. The van der Waals surface area contributed by atoms with E-state index in [9.17, 15) is 9.59 Å². The van der Waals surface area contributed by atoms with E-state index in [0.29, 0.717) is 23.6 Å². The van der Waals surface area contributed by atoms with E-state index in [1.54, 1.807) is 25.1 Å². The number of halogens is 1. The lowest BCUT2D eigenvalue weighted by Gasteiger charge is -2.13. The van der Waals surface area contributed by atoms with Crippen molar-refractivity contribution in [3.63, 3.8) is 0 Å². The van der Waals surface area contributed by atoms with E-state index in [4.69, 9.17) is 16.7 Å². The number of aliphatic hydroxyl groups is 1. The molecule has 0 bridgehead atoms. The van der Waals surface area contributed by atoms with E-state index in [2.05, 4.69) is 10.6 Å². The zero-order valence-electron chi connectivity index (χ0n) is 11.6. The molecule has 0 spiro atoms. The summed E-state index contributed by atoms with van der Waals surface area (Å²) in [4.78, 5) is 23.5. The highest BCUT2D eigenvalue weighted by molar-refractivity contribution is 6.40.